The van der Waals surface area contributed by atoms with Crippen LogP contribution in [0.3, 0.4) is 0 Å². The van der Waals surface area contributed by atoms with Crippen LogP contribution >= 0.6 is 0 Å². The Morgan fingerprint density at radius 3 is 2.55 bits per heavy atom. The molecule has 20 heavy (non-hydrogen) atoms. The lowest BCUT2D eigenvalue weighted by atomic mass is 9.90. The molecule has 1 fully saturated rings. The van der Waals surface area contributed by atoms with Crippen molar-refractivity contribution in [2.75, 3.05) is 6.54 Å². The first-order chi connectivity index (χ1) is 9.48. The molecule has 1 aromatic carbocycles. The number of carboxylic acids is 1. The van der Waals surface area contributed by atoms with E-state index in [1.54, 1.807) is 0 Å². The molecule has 1 aliphatic heterocycles. The molecule has 0 amide bonds. The lowest BCUT2D eigenvalue weighted by Gasteiger charge is -2.34. The molecule has 110 valence electrons. The van der Waals surface area contributed by atoms with Crippen molar-refractivity contribution in [2.24, 2.45) is 0 Å². The fraction of sp³-hybridized carbons (Fsp3) is 0.533. The van der Waals surface area contributed by atoms with Gasteiger partial charge in [0.25, 0.3) is 0 Å². The molecule has 1 saturated heterocycles. The molecule has 0 aliphatic carbocycles. The van der Waals surface area contributed by atoms with E-state index in [-0.39, 0.29) is 6.54 Å². The van der Waals surface area contributed by atoms with Crippen molar-refractivity contribution in [3.63, 3.8) is 0 Å². The number of carbonyl (C=O) groups is 1. The van der Waals surface area contributed by atoms with Crippen molar-refractivity contribution in [1.29, 1.82) is 0 Å². The van der Waals surface area contributed by atoms with Gasteiger partial charge in [-0.3, -0.25) is 9.69 Å². The zero-order valence-electron chi connectivity index (χ0n) is 11.5. The summed E-state index contributed by atoms with van der Waals surface area (Å²) in [6.07, 6.45) is 2.71. The van der Waals surface area contributed by atoms with Crippen LogP contribution in [0.5, 0.6) is 0 Å². The molecule has 0 radical (unpaired) electrons. The summed E-state index contributed by atoms with van der Waals surface area (Å²) in [5.41, 5.74) is -0.413. The summed E-state index contributed by atoms with van der Waals surface area (Å²) in [6.45, 7) is 2.86. The normalized spacial score (nSPS) is 23.1. The smallest absolute Gasteiger partial charge is 0.324 e. The Morgan fingerprint density at radius 2 is 2.00 bits per heavy atom. The van der Waals surface area contributed by atoms with Gasteiger partial charge in [0, 0.05) is 12.6 Å². The van der Waals surface area contributed by atoms with E-state index in [4.69, 9.17) is 0 Å². The summed E-state index contributed by atoms with van der Waals surface area (Å²) in [5, 5.41) is 9.56. The van der Waals surface area contributed by atoms with Gasteiger partial charge in [-0.15, -0.1) is 0 Å². The van der Waals surface area contributed by atoms with Crippen LogP contribution in [0.4, 0.5) is 8.78 Å². The van der Waals surface area contributed by atoms with Gasteiger partial charge >= 0.3 is 5.97 Å². The molecule has 1 unspecified atom stereocenters. The summed E-state index contributed by atoms with van der Waals surface area (Å²) in [7, 11) is 0. The Kier molecular flexibility index (Phi) is 4.38. The Hall–Kier alpha value is -1.49. The zero-order chi connectivity index (χ0) is 14.8. The maximum atomic E-state index is 13.2. The predicted molar refractivity (Wildman–Crippen MR) is 71.3 cm³/mol. The average molecular weight is 283 g/mol. The van der Waals surface area contributed by atoms with Crippen LogP contribution in [0.15, 0.2) is 18.2 Å². The fourth-order valence-corrected chi connectivity index (χ4v) is 3.13. The summed E-state index contributed by atoms with van der Waals surface area (Å²) >= 11 is 0. The van der Waals surface area contributed by atoms with Crippen LogP contribution in [0.25, 0.3) is 0 Å². The van der Waals surface area contributed by atoms with Crippen LogP contribution in [0.2, 0.25) is 0 Å². The predicted octanol–water partition coefficient (Wildman–Crippen LogP) is 3.18. The minimum atomic E-state index is -0.891. The van der Waals surface area contributed by atoms with E-state index in [1.807, 2.05) is 11.8 Å². The van der Waals surface area contributed by atoms with Gasteiger partial charge in [-0.1, -0.05) is 13.3 Å². The van der Waals surface area contributed by atoms with Crippen LogP contribution in [0, 0.1) is 11.6 Å². The molecule has 1 heterocycles. The highest BCUT2D eigenvalue weighted by molar-refractivity contribution is 5.79. The minimum Gasteiger partial charge on any atom is -0.480 e. The standard InChI is InChI=1S/C15H19F2NO2/c1-2-4-15(14(19)20)5-3-6-18(15)10-11-7-12(16)9-13(17)8-11/h7-9H,2-6,10H2,1H3,(H,19,20). The van der Waals surface area contributed by atoms with E-state index in [9.17, 15) is 18.7 Å². The van der Waals surface area contributed by atoms with E-state index in [2.05, 4.69) is 0 Å². The van der Waals surface area contributed by atoms with E-state index in [1.165, 1.54) is 12.1 Å². The topological polar surface area (TPSA) is 40.5 Å². The van der Waals surface area contributed by atoms with Gasteiger partial charge in [0.15, 0.2) is 0 Å². The van der Waals surface area contributed by atoms with Crippen molar-refractivity contribution in [1.82, 2.24) is 4.90 Å². The van der Waals surface area contributed by atoms with E-state index < -0.39 is 23.1 Å². The number of hydrogen-bond donors (Lipinski definition) is 1. The van der Waals surface area contributed by atoms with Gasteiger partial charge in [0.2, 0.25) is 0 Å². The van der Waals surface area contributed by atoms with Crippen molar-refractivity contribution in [3.05, 3.63) is 35.4 Å². The average Bonchev–Trinajstić information content (AvgIpc) is 2.72. The Balaban J connectivity index is 2.24. The van der Waals surface area contributed by atoms with E-state index in [0.717, 1.165) is 18.9 Å². The van der Waals surface area contributed by atoms with Gasteiger partial charge in [0.05, 0.1) is 0 Å². The van der Waals surface area contributed by atoms with Crippen LogP contribution in [-0.4, -0.2) is 28.1 Å². The molecular formula is C15H19F2NO2. The molecule has 0 bridgehead atoms. The minimum absolute atomic E-state index is 0.265. The maximum Gasteiger partial charge on any atom is 0.324 e. The SMILES string of the molecule is CCCC1(C(=O)O)CCCN1Cc1cc(F)cc(F)c1. The fourth-order valence-electron chi connectivity index (χ4n) is 3.13. The Bertz CT molecular complexity index is 486. The van der Waals surface area contributed by atoms with Crippen LogP contribution < -0.4 is 0 Å². The molecule has 1 aromatic rings. The Morgan fingerprint density at radius 1 is 1.35 bits per heavy atom. The molecule has 5 heteroatoms. The second-order valence-corrected chi connectivity index (χ2v) is 5.39. The van der Waals surface area contributed by atoms with Crippen molar-refractivity contribution in [3.8, 4) is 0 Å². The third kappa shape index (κ3) is 2.82. The molecule has 1 atom stereocenters. The van der Waals surface area contributed by atoms with Gasteiger partial charge in [-0.25, -0.2) is 8.78 Å². The number of halogens is 2. The number of carboxylic acid groups (broad SMARTS) is 1. The van der Waals surface area contributed by atoms with Crippen molar-refractivity contribution in [2.45, 2.75) is 44.7 Å². The van der Waals surface area contributed by atoms with E-state index >= 15 is 0 Å². The molecule has 1 N–H and O–H groups in total. The maximum absolute atomic E-state index is 13.2. The summed E-state index contributed by atoms with van der Waals surface area (Å²) in [4.78, 5) is 13.5. The number of likely N-dealkylation sites (tertiary alicyclic amines) is 1. The number of benzene rings is 1. The number of rotatable bonds is 5. The molecule has 0 saturated carbocycles. The summed E-state index contributed by atoms with van der Waals surface area (Å²) in [6, 6.07) is 3.35. The Labute approximate surface area is 117 Å². The quantitative estimate of drug-likeness (QED) is 0.902. The first-order valence-corrected chi connectivity index (χ1v) is 6.91. The number of nitrogens with zero attached hydrogens (tertiary/aromatic N) is 1. The highest BCUT2D eigenvalue weighted by Crippen LogP contribution is 2.35. The highest BCUT2D eigenvalue weighted by atomic mass is 19.1. The second kappa shape index (κ2) is 5.87. The molecule has 3 nitrogen and oxygen atoms in total. The molecule has 0 aromatic heterocycles. The third-order valence-electron chi connectivity index (χ3n) is 3.98. The molecule has 2 rings (SSSR count). The highest BCUT2D eigenvalue weighted by Gasteiger charge is 2.46. The lowest BCUT2D eigenvalue weighted by molar-refractivity contribution is -0.150. The zero-order valence-corrected chi connectivity index (χ0v) is 11.5. The number of aliphatic carboxylic acids is 1. The van der Waals surface area contributed by atoms with Gasteiger partial charge in [-0.2, -0.15) is 0 Å². The van der Waals surface area contributed by atoms with Crippen LogP contribution in [-0.2, 0) is 11.3 Å². The monoisotopic (exact) mass is 283 g/mol. The summed E-state index contributed by atoms with van der Waals surface area (Å²) in [5.74, 6) is -2.10. The largest absolute Gasteiger partial charge is 0.480 e. The van der Waals surface area contributed by atoms with Gasteiger partial charge in [0.1, 0.15) is 17.2 Å². The first-order valence-electron chi connectivity index (χ1n) is 6.91. The summed E-state index contributed by atoms with van der Waals surface area (Å²) < 4.78 is 26.5. The molecule has 0 spiro atoms. The van der Waals surface area contributed by atoms with E-state index in [0.29, 0.717) is 24.9 Å². The molecular weight excluding hydrogens is 264 g/mol. The van der Waals surface area contributed by atoms with Gasteiger partial charge in [-0.05, 0) is 43.5 Å². The number of hydrogen-bond acceptors (Lipinski definition) is 2. The first kappa shape index (κ1) is 14.9. The van der Waals surface area contributed by atoms with Crippen molar-refractivity contribution >= 4 is 5.97 Å². The molecule has 1 aliphatic rings. The van der Waals surface area contributed by atoms with Crippen molar-refractivity contribution < 1.29 is 18.7 Å². The van der Waals surface area contributed by atoms with Gasteiger partial charge < -0.3 is 5.11 Å². The third-order valence-corrected chi connectivity index (χ3v) is 3.98. The second-order valence-electron chi connectivity index (χ2n) is 5.39. The lowest BCUT2D eigenvalue weighted by Crippen LogP contribution is -2.50. The van der Waals surface area contributed by atoms with Crippen LogP contribution in [0.1, 0.15) is 38.2 Å².